The van der Waals surface area contributed by atoms with Gasteiger partial charge in [0.2, 0.25) is 0 Å². The van der Waals surface area contributed by atoms with Crippen LogP contribution in [0.3, 0.4) is 0 Å². The maximum Gasteiger partial charge on any atom is 0.124 e. The Morgan fingerprint density at radius 2 is 1.96 bits per heavy atom. The molecular formula is C17H31NO4S. The van der Waals surface area contributed by atoms with E-state index in [1.165, 1.54) is 0 Å². The summed E-state index contributed by atoms with van der Waals surface area (Å²) in [5, 5.41) is 22.0. The molecule has 0 aliphatic heterocycles. The molecule has 6 heteroatoms. The van der Waals surface area contributed by atoms with Gasteiger partial charge in [-0.1, -0.05) is 20.8 Å². The van der Waals surface area contributed by atoms with Crippen LogP contribution in [0, 0.1) is 0 Å². The first kappa shape index (κ1) is 22.1. The molecule has 1 atom stereocenters. The predicted molar refractivity (Wildman–Crippen MR) is 97.4 cm³/mol. The van der Waals surface area contributed by atoms with Gasteiger partial charge in [-0.2, -0.15) is 0 Å². The number of phenols is 1. The van der Waals surface area contributed by atoms with Gasteiger partial charge in [0.25, 0.3) is 0 Å². The van der Waals surface area contributed by atoms with Gasteiger partial charge in [0.1, 0.15) is 18.1 Å². The number of rotatable bonds is 11. The number of nitrogens with one attached hydrogen (secondary N) is 1. The number of phenolic OH excluding ortho intramolecular Hbond substituents is 1. The Kier molecular flexibility index (Phi) is 14.0. The van der Waals surface area contributed by atoms with E-state index in [9.17, 15) is 5.11 Å². The predicted octanol–water partition coefficient (Wildman–Crippen LogP) is 3.17. The Hall–Kier alpha value is -0.950. The molecule has 0 aromatic heterocycles. The summed E-state index contributed by atoms with van der Waals surface area (Å²) in [5.74, 6) is 1.87. The zero-order chi connectivity index (χ0) is 17.5. The van der Waals surface area contributed by atoms with Gasteiger partial charge in [-0.15, -0.1) is 11.8 Å². The minimum Gasteiger partial charge on any atom is -0.507 e. The van der Waals surface area contributed by atoms with E-state index < -0.39 is 0 Å². The average molecular weight is 346 g/mol. The summed E-state index contributed by atoms with van der Waals surface area (Å²) in [5.41, 5.74) is 0.861. The van der Waals surface area contributed by atoms with Gasteiger partial charge in [-0.3, -0.25) is 0 Å². The summed E-state index contributed by atoms with van der Waals surface area (Å²) >= 11 is 1.77. The van der Waals surface area contributed by atoms with Crippen molar-refractivity contribution in [3.05, 3.63) is 23.8 Å². The van der Waals surface area contributed by atoms with Crippen molar-refractivity contribution in [2.75, 3.05) is 39.2 Å². The van der Waals surface area contributed by atoms with Crippen molar-refractivity contribution in [3.63, 3.8) is 0 Å². The quantitative estimate of drug-likeness (QED) is 0.423. The zero-order valence-electron chi connectivity index (χ0n) is 14.7. The fourth-order valence-electron chi connectivity index (χ4n) is 1.78. The van der Waals surface area contributed by atoms with Gasteiger partial charge in [0.05, 0.1) is 25.2 Å². The third-order valence-electron chi connectivity index (χ3n) is 2.77. The first-order chi connectivity index (χ1) is 11.2. The number of aliphatic hydroxyl groups excluding tert-OH is 1. The largest absolute Gasteiger partial charge is 0.507 e. The lowest BCUT2D eigenvalue weighted by Gasteiger charge is -2.18. The lowest BCUT2D eigenvalue weighted by Crippen LogP contribution is -2.13. The van der Waals surface area contributed by atoms with Crippen molar-refractivity contribution in [2.24, 2.45) is 0 Å². The number of hydrogen-bond acceptors (Lipinski definition) is 6. The second kappa shape index (κ2) is 14.6. The van der Waals surface area contributed by atoms with Crippen LogP contribution in [0.1, 0.15) is 38.1 Å². The van der Waals surface area contributed by atoms with Gasteiger partial charge >= 0.3 is 0 Å². The molecule has 1 rings (SSSR count). The number of ether oxygens (including phenoxy) is 2. The van der Waals surface area contributed by atoms with Crippen molar-refractivity contribution in [1.29, 1.82) is 0 Å². The molecule has 0 bridgehead atoms. The van der Waals surface area contributed by atoms with Crippen LogP contribution in [0.25, 0.3) is 0 Å². The van der Waals surface area contributed by atoms with E-state index in [2.05, 4.69) is 12.2 Å². The molecule has 0 heterocycles. The van der Waals surface area contributed by atoms with Crippen molar-refractivity contribution < 1.29 is 19.7 Å². The smallest absolute Gasteiger partial charge is 0.124 e. The third kappa shape index (κ3) is 9.05. The zero-order valence-corrected chi connectivity index (χ0v) is 15.5. The van der Waals surface area contributed by atoms with Crippen LogP contribution in [-0.2, 0) is 4.74 Å². The number of thioether (sulfide) groups is 1. The van der Waals surface area contributed by atoms with Crippen molar-refractivity contribution in [3.8, 4) is 11.5 Å². The third-order valence-corrected chi connectivity index (χ3v) is 4.23. The van der Waals surface area contributed by atoms with Crippen LogP contribution in [-0.4, -0.2) is 49.4 Å². The Labute approximate surface area is 144 Å². The van der Waals surface area contributed by atoms with Crippen LogP contribution in [0.2, 0.25) is 0 Å². The number of aliphatic hydroxyl groups is 1. The lowest BCUT2D eigenvalue weighted by atomic mass is 10.2. The molecule has 0 aliphatic rings. The fourth-order valence-corrected chi connectivity index (χ4v) is 2.80. The van der Waals surface area contributed by atoms with E-state index in [1.807, 2.05) is 33.0 Å². The molecule has 1 unspecified atom stereocenters. The molecule has 5 nitrogen and oxygen atoms in total. The van der Waals surface area contributed by atoms with E-state index in [4.69, 9.17) is 14.6 Å². The van der Waals surface area contributed by atoms with Gasteiger partial charge in [0, 0.05) is 11.6 Å². The van der Waals surface area contributed by atoms with E-state index in [0.717, 1.165) is 17.7 Å². The second-order valence-electron chi connectivity index (χ2n) is 4.44. The monoisotopic (exact) mass is 345 g/mol. The van der Waals surface area contributed by atoms with Gasteiger partial charge < -0.3 is 25.0 Å². The SMILES string of the molecule is CC.CCCSC(NC)c1ccc(OCCOCCO)cc1O. The molecule has 0 saturated carbocycles. The highest BCUT2D eigenvalue weighted by Gasteiger charge is 2.14. The maximum absolute atomic E-state index is 10.1. The number of aromatic hydroxyl groups is 1. The van der Waals surface area contributed by atoms with Gasteiger partial charge in [-0.25, -0.2) is 0 Å². The first-order valence-corrected chi connectivity index (χ1v) is 9.21. The maximum atomic E-state index is 10.1. The van der Waals surface area contributed by atoms with E-state index in [0.29, 0.717) is 25.6 Å². The van der Waals surface area contributed by atoms with E-state index in [1.54, 1.807) is 17.8 Å². The van der Waals surface area contributed by atoms with Crippen LogP contribution in [0.5, 0.6) is 11.5 Å². The average Bonchev–Trinajstić information content (AvgIpc) is 2.58. The van der Waals surface area contributed by atoms with Crippen molar-refractivity contribution in [1.82, 2.24) is 5.32 Å². The number of hydrogen-bond donors (Lipinski definition) is 3. The Morgan fingerprint density at radius 3 is 2.52 bits per heavy atom. The van der Waals surface area contributed by atoms with Crippen LogP contribution < -0.4 is 10.1 Å². The summed E-state index contributed by atoms with van der Waals surface area (Å²) in [4.78, 5) is 0. The second-order valence-corrected chi connectivity index (χ2v) is 5.66. The van der Waals surface area contributed by atoms with Crippen LogP contribution in [0.15, 0.2) is 18.2 Å². The highest BCUT2D eigenvalue weighted by molar-refractivity contribution is 7.99. The Balaban J connectivity index is 0.00000232. The van der Waals surface area contributed by atoms with Crippen molar-refractivity contribution >= 4 is 11.8 Å². The van der Waals surface area contributed by atoms with E-state index in [-0.39, 0.29) is 17.7 Å². The Morgan fingerprint density at radius 1 is 1.22 bits per heavy atom. The molecule has 0 spiro atoms. The highest BCUT2D eigenvalue weighted by atomic mass is 32.2. The minimum absolute atomic E-state index is 0.0102. The van der Waals surface area contributed by atoms with Gasteiger partial charge in [0.15, 0.2) is 0 Å². The molecule has 1 aromatic carbocycles. The summed E-state index contributed by atoms with van der Waals surface area (Å²) in [6.45, 7) is 7.26. The molecule has 0 amide bonds. The molecule has 0 fully saturated rings. The van der Waals surface area contributed by atoms with Crippen LogP contribution in [0.4, 0.5) is 0 Å². The first-order valence-electron chi connectivity index (χ1n) is 8.16. The molecule has 0 radical (unpaired) electrons. The highest BCUT2D eigenvalue weighted by Crippen LogP contribution is 2.34. The molecule has 134 valence electrons. The molecule has 0 aliphatic carbocycles. The summed E-state index contributed by atoms with van der Waals surface area (Å²) in [6, 6.07) is 5.35. The standard InChI is InChI=1S/C15H25NO4S.C2H6/c1-3-10-21-15(16-2)13-5-4-12(11-14(13)18)20-9-8-19-7-6-17;1-2/h4-5,11,15-18H,3,6-10H2,1-2H3;1-2H3. The molecule has 0 saturated heterocycles. The molecule has 23 heavy (non-hydrogen) atoms. The topological polar surface area (TPSA) is 71.0 Å². The summed E-state index contributed by atoms with van der Waals surface area (Å²) in [7, 11) is 1.88. The normalized spacial score (nSPS) is 11.5. The summed E-state index contributed by atoms with van der Waals surface area (Å²) < 4.78 is 10.6. The molecular weight excluding hydrogens is 314 g/mol. The minimum atomic E-state index is 0.0102. The lowest BCUT2D eigenvalue weighted by molar-refractivity contribution is 0.0704. The fraction of sp³-hybridized carbons (Fsp3) is 0.647. The van der Waals surface area contributed by atoms with Crippen LogP contribution >= 0.6 is 11.8 Å². The van der Waals surface area contributed by atoms with Crippen molar-refractivity contribution in [2.45, 2.75) is 32.6 Å². The Bertz CT molecular complexity index is 404. The summed E-state index contributed by atoms with van der Waals surface area (Å²) in [6.07, 6.45) is 1.10. The molecule has 1 aromatic rings. The van der Waals surface area contributed by atoms with E-state index >= 15 is 0 Å². The van der Waals surface area contributed by atoms with Gasteiger partial charge in [-0.05, 0) is 31.4 Å². The number of benzene rings is 1. The molecule has 3 N–H and O–H groups in total.